The third-order valence-electron chi connectivity index (χ3n) is 3.81. The van der Waals surface area contributed by atoms with Crippen molar-refractivity contribution in [2.75, 3.05) is 13.7 Å². The van der Waals surface area contributed by atoms with Crippen LogP contribution in [0.1, 0.15) is 33.6 Å². The van der Waals surface area contributed by atoms with E-state index in [1.165, 1.54) is 12.0 Å². The highest BCUT2D eigenvalue weighted by molar-refractivity contribution is 5.83. The zero-order valence-corrected chi connectivity index (χ0v) is 11.8. The molecule has 19 heavy (non-hydrogen) atoms. The molecule has 6 nitrogen and oxygen atoms in total. The summed E-state index contributed by atoms with van der Waals surface area (Å²) in [5, 5.41) is 9.44. The van der Waals surface area contributed by atoms with Crippen LogP contribution in [0, 0.1) is 5.41 Å². The average Bonchev–Trinajstić information content (AvgIpc) is 2.92. The molecular weight excluding hydrogens is 250 g/mol. The third-order valence-corrected chi connectivity index (χ3v) is 3.81. The van der Waals surface area contributed by atoms with Crippen LogP contribution in [0.5, 0.6) is 0 Å². The Morgan fingerprint density at radius 1 is 1.37 bits per heavy atom. The number of hydrogen-bond acceptors (Lipinski definition) is 5. The molecule has 0 bridgehead atoms. The van der Waals surface area contributed by atoms with E-state index in [9.17, 15) is 14.7 Å². The maximum Gasteiger partial charge on any atom is 0.411 e. The van der Waals surface area contributed by atoms with Crippen LogP contribution in [0.25, 0.3) is 0 Å². The van der Waals surface area contributed by atoms with Gasteiger partial charge in [0.05, 0.1) is 13.7 Å². The molecule has 3 atom stereocenters. The van der Waals surface area contributed by atoms with E-state index >= 15 is 0 Å². The molecule has 2 fully saturated rings. The first-order chi connectivity index (χ1) is 8.74. The van der Waals surface area contributed by atoms with Crippen LogP contribution in [0.4, 0.5) is 4.79 Å². The molecule has 1 saturated carbocycles. The van der Waals surface area contributed by atoms with Gasteiger partial charge in [0.15, 0.2) is 0 Å². The number of piperidine rings is 1. The summed E-state index contributed by atoms with van der Waals surface area (Å²) in [6, 6.07) is -0.762. The summed E-state index contributed by atoms with van der Waals surface area (Å²) in [5.74, 6) is -0.453. The Kier molecular flexibility index (Phi) is 3.24. The number of aliphatic hydroxyl groups is 1. The molecular formula is C13H21NO5. The number of methoxy groups -OCH3 is 1. The molecule has 1 saturated heterocycles. The fourth-order valence-electron chi connectivity index (χ4n) is 2.78. The number of likely N-dealkylation sites (tertiary alicyclic amines) is 1. The lowest BCUT2D eigenvalue weighted by atomic mass is 10.0. The Labute approximate surface area is 112 Å². The molecule has 1 aliphatic carbocycles. The van der Waals surface area contributed by atoms with Gasteiger partial charge in [-0.05, 0) is 33.6 Å². The minimum Gasteiger partial charge on any atom is -0.467 e. The Morgan fingerprint density at radius 2 is 2.00 bits per heavy atom. The molecule has 1 aliphatic heterocycles. The van der Waals surface area contributed by atoms with Gasteiger partial charge >= 0.3 is 12.1 Å². The number of fused-ring (bicyclic) bond motifs is 1. The number of ether oxygens (including phenoxy) is 2. The van der Waals surface area contributed by atoms with Gasteiger partial charge in [-0.2, -0.15) is 0 Å². The predicted octanol–water partition coefficient (Wildman–Crippen LogP) is 0.920. The van der Waals surface area contributed by atoms with Crippen LogP contribution in [-0.2, 0) is 14.3 Å². The maximum absolute atomic E-state index is 12.2. The highest BCUT2D eigenvalue weighted by Gasteiger charge is 2.68. The Hall–Kier alpha value is -1.30. The number of aliphatic hydroxyl groups excluding tert-OH is 1. The van der Waals surface area contributed by atoms with E-state index in [4.69, 9.17) is 9.47 Å². The molecule has 6 heteroatoms. The summed E-state index contributed by atoms with van der Waals surface area (Å²) < 4.78 is 10.1. The van der Waals surface area contributed by atoms with E-state index in [1.807, 2.05) is 0 Å². The van der Waals surface area contributed by atoms with Crippen molar-refractivity contribution in [3.63, 3.8) is 0 Å². The second kappa shape index (κ2) is 4.37. The molecule has 1 N–H and O–H groups in total. The van der Waals surface area contributed by atoms with Crippen molar-refractivity contribution < 1.29 is 24.2 Å². The van der Waals surface area contributed by atoms with Gasteiger partial charge in [-0.15, -0.1) is 0 Å². The minimum atomic E-state index is -0.647. The third kappa shape index (κ3) is 2.41. The molecule has 1 heterocycles. The van der Waals surface area contributed by atoms with Crippen molar-refractivity contribution in [3.8, 4) is 0 Å². The van der Waals surface area contributed by atoms with Crippen LogP contribution >= 0.6 is 0 Å². The molecule has 108 valence electrons. The Bertz CT molecular complexity index is 402. The van der Waals surface area contributed by atoms with E-state index in [0.29, 0.717) is 6.42 Å². The van der Waals surface area contributed by atoms with Crippen LogP contribution in [0.3, 0.4) is 0 Å². The van der Waals surface area contributed by atoms with Gasteiger partial charge in [0.1, 0.15) is 11.6 Å². The standard InChI is InChI=1S/C13H21NO5/c1-12(2,3)19-11(17)14-8(10(16)18-4)5-13(7-15)6-9(13)14/h8-9,15H,5-7H2,1-4H3/t8-,9?,13?/m0/s1. The van der Waals surface area contributed by atoms with Gasteiger partial charge in [0.2, 0.25) is 0 Å². The molecule has 0 aromatic carbocycles. The van der Waals surface area contributed by atoms with Crippen molar-refractivity contribution in [3.05, 3.63) is 0 Å². The predicted molar refractivity (Wildman–Crippen MR) is 66.4 cm³/mol. The van der Waals surface area contributed by atoms with E-state index in [0.717, 1.165) is 6.42 Å². The van der Waals surface area contributed by atoms with E-state index in [-0.39, 0.29) is 18.1 Å². The van der Waals surface area contributed by atoms with Gasteiger partial charge in [-0.1, -0.05) is 0 Å². The van der Waals surface area contributed by atoms with Crippen LogP contribution in [-0.4, -0.2) is 53.5 Å². The van der Waals surface area contributed by atoms with E-state index in [2.05, 4.69) is 0 Å². The summed E-state index contributed by atoms with van der Waals surface area (Å²) in [4.78, 5) is 25.4. The fraction of sp³-hybridized carbons (Fsp3) is 0.846. The van der Waals surface area contributed by atoms with Crippen molar-refractivity contribution >= 4 is 12.1 Å². The molecule has 0 aromatic heterocycles. The van der Waals surface area contributed by atoms with Crippen molar-refractivity contribution in [1.29, 1.82) is 0 Å². The maximum atomic E-state index is 12.2. The van der Waals surface area contributed by atoms with Gasteiger partial charge in [0, 0.05) is 11.5 Å². The summed E-state index contributed by atoms with van der Waals surface area (Å²) in [7, 11) is 1.30. The molecule has 2 unspecified atom stereocenters. The molecule has 0 radical (unpaired) electrons. The van der Waals surface area contributed by atoms with Crippen LogP contribution < -0.4 is 0 Å². The fourth-order valence-corrected chi connectivity index (χ4v) is 2.78. The highest BCUT2D eigenvalue weighted by Crippen LogP contribution is 2.59. The van der Waals surface area contributed by atoms with Crippen molar-refractivity contribution in [2.45, 2.75) is 51.3 Å². The quantitative estimate of drug-likeness (QED) is 0.756. The number of nitrogens with zero attached hydrogens (tertiary/aromatic N) is 1. The number of esters is 1. The summed E-state index contributed by atoms with van der Waals surface area (Å²) in [6.07, 6.45) is 0.650. The molecule has 0 aromatic rings. The zero-order chi connectivity index (χ0) is 14.4. The normalized spacial score (nSPS) is 32.8. The molecule has 2 aliphatic rings. The van der Waals surface area contributed by atoms with Gasteiger partial charge in [0.25, 0.3) is 0 Å². The lowest BCUT2D eigenvalue weighted by Crippen LogP contribution is -2.46. The second-order valence-electron chi connectivity index (χ2n) is 6.37. The lowest BCUT2D eigenvalue weighted by molar-refractivity contribution is -0.146. The van der Waals surface area contributed by atoms with E-state index < -0.39 is 23.7 Å². The van der Waals surface area contributed by atoms with Gasteiger partial charge in [-0.25, -0.2) is 9.59 Å². The van der Waals surface area contributed by atoms with Gasteiger partial charge in [-0.3, -0.25) is 4.90 Å². The topological polar surface area (TPSA) is 76.1 Å². The summed E-state index contributed by atoms with van der Waals surface area (Å²) in [6.45, 7) is 5.31. The van der Waals surface area contributed by atoms with Crippen LogP contribution in [0.15, 0.2) is 0 Å². The SMILES string of the molecule is COC(=O)[C@@H]1CC2(CO)CC2N1C(=O)OC(C)(C)C. The molecule has 0 spiro atoms. The lowest BCUT2D eigenvalue weighted by Gasteiger charge is -2.29. The smallest absolute Gasteiger partial charge is 0.411 e. The minimum absolute atomic E-state index is 0.0234. The number of carbonyl (C=O) groups is 2. The second-order valence-corrected chi connectivity index (χ2v) is 6.37. The van der Waals surface area contributed by atoms with Crippen molar-refractivity contribution in [2.24, 2.45) is 5.41 Å². The first-order valence-electron chi connectivity index (χ1n) is 6.44. The number of hydrogen-bond donors (Lipinski definition) is 1. The first-order valence-corrected chi connectivity index (χ1v) is 6.44. The summed E-state index contributed by atoms with van der Waals surface area (Å²) in [5.41, 5.74) is -0.952. The zero-order valence-electron chi connectivity index (χ0n) is 11.8. The monoisotopic (exact) mass is 271 g/mol. The Balaban J connectivity index is 2.16. The van der Waals surface area contributed by atoms with Crippen molar-refractivity contribution in [1.82, 2.24) is 4.90 Å². The molecule has 1 amide bonds. The number of carbonyl (C=O) groups excluding carboxylic acids is 2. The average molecular weight is 271 g/mol. The molecule has 2 rings (SSSR count). The first kappa shape index (κ1) is 14.1. The van der Waals surface area contributed by atoms with Gasteiger partial charge < -0.3 is 14.6 Å². The largest absolute Gasteiger partial charge is 0.467 e. The summed E-state index contributed by atoms with van der Waals surface area (Å²) >= 11 is 0. The highest BCUT2D eigenvalue weighted by atomic mass is 16.6. The number of amides is 1. The number of rotatable bonds is 2. The Morgan fingerprint density at radius 3 is 2.47 bits per heavy atom. The van der Waals surface area contributed by atoms with Crippen LogP contribution in [0.2, 0.25) is 0 Å². The van der Waals surface area contributed by atoms with E-state index in [1.54, 1.807) is 20.8 Å².